The van der Waals surface area contributed by atoms with Gasteiger partial charge < -0.3 is 20.7 Å². The van der Waals surface area contributed by atoms with Crippen LogP contribution in [0.4, 0.5) is 0 Å². The fourth-order valence-electron chi connectivity index (χ4n) is 0.804. The highest BCUT2D eigenvalue weighted by Crippen LogP contribution is 2.15. The minimum atomic E-state index is -1.24. The van der Waals surface area contributed by atoms with Gasteiger partial charge in [0.1, 0.15) is 6.29 Å². The number of carbonyl (C=O) groups is 1. The summed E-state index contributed by atoms with van der Waals surface area (Å²) in [6, 6.07) is 0. The molecule has 0 fully saturated rings. The summed E-state index contributed by atoms with van der Waals surface area (Å²) in [5, 5.41) is 18.6. The van der Waals surface area contributed by atoms with Crippen molar-refractivity contribution in [3.05, 3.63) is 0 Å². The minimum Gasteiger partial charge on any atom is -0.390 e. The van der Waals surface area contributed by atoms with Crippen molar-refractivity contribution in [1.29, 1.82) is 0 Å². The van der Waals surface area contributed by atoms with Crippen LogP contribution in [-0.4, -0.2) is 34.7 Å². The molecule has 4 heteroatoms. The van der Waals surface area contributed by atoms with Crippen LogP contribution in [0.1, 0.15) is 19.8 Å². The second-order valence-corrected chi connectivity index (χ2v) is 2.81. The third-order valence-electron chi connectivity index (χ3n) is 1.69. The lowest BCUT2D eigenvalue weighted by Gasteiger charge is -2.27. The summed E-state index contributed by atoms with van der Waals surface area (Å²) in [5.41, 5.74) is 3.95. The molecule has 4 N–H and O–H groups in total. The largest absolute Gasteiger partial charge is 0.390 e. The average molecular weight is 161 g/mol. The van der Waals surface area contributed by atoms with E-state index in [0.717, 1.165) is 0 Å². The maximum absolute atomic E-state index is 9.96. The van der Waals surface area contributed by atoms with Crippen molar-refractivity contribution in [3.63, 3.8) is 0 Å². The third kappa shape index (κ3) is 3.46. The molecule has 0 spiro atoms. The van der Waals surface area contributed by atoms with Gasteiger partial charge in [-0.2, -0.15) is 0 Å². The summed E-state index contributed by atoms with van der Waals surface area (Å²) in [6.45, 7) is 1.76. The SMILES string of the molecule is CC(O)(CCN)C(O)CC=O. The van der Waals surface area contributed by atoms with Crippen molar-refractivity contribution < 1.29 is 15.0 Å². The van der Waals surface area contributed by atoms with Gasteiger partial charge in [-0.1, -0.05) is 0 Å². The van der Waals surface area contributed by atoms with Crippen molar-refractivity contribution in [2.75, 3.05) is 6.54 Å². The molecule has 0 saturated heterocycles. The molecule has 0 rings (SSSR count). The molecule has 0 saturated carbocycles. The lowest BCUT2D eigenvalue weighted by atomic mass is 9.93. The average Bonchev–Trinajstić information content (AvgIpc) is 1.88. The first-order chi connectivity index (χ1) is 5.04. The van der Waals surface area contributed by atoms with Crippen LogP contribution in [0.2, 0.25) is 0 Å². The van der Waals surface area contributed by atoms with Crippen LogP contribution in [0, 0.1) is 0 Å². The van der Waals surface area contributed by atoms with Gasteiger partial charge in [-0.3, -0.25) is 0 Å². The van der Waals surface area contributed by atoms with Gasteiger partial charge in [0, 0.05) is 6.42 Å². The highest BCUT2D eigenvalue weighted by Gasteiger charge is 2.28. The second-order valence-electron chi connectivity index (χ2n) is 2.81. The van der Waals surface area contributed by atoms with Crippen LogP contribution in [0.3, 0.4) is 0 Å². The summed E-state index contributed by atoms with van der Waals surface area (Å²) < 4.78 is 0. The quantitative estimate of drug-likeness (QED) is 0.453. The first-order valence-corrected chi connectivity index (χ1v) is 3.58. The first-order valence-electron chi connectivity index (χ1n) is 3.58. The Labute approximate surface area is 66.0 Å². The predicted molar refractivity (Wildman–Crippen MR) is 41.0 cm³/mol. The van der Waals surface area contributed by atoms with Gasteiger partial charge in [-0.15, -0.1) is 0 Å². The van der Waals surface area contributed by atoms with Crippen molar-refractivity contribution in [2.24, 2.45) is 5.73 Å². The standard InChI is InChI=1S/C7H15NO3/c1-7(11,3-4-8)6(10)2-5-9/h5-6,10-11H,2-4,8H2,1H3. The van der Waals surface area contributed by atoms with E-state index in [1.807, 2.05) is 0 Å². The summed E-state index contributed by atoms with van der Waals surface area (Å²) in [5.74, 6) is 0. The molecule has 0 aliphatic rings. The zero-order valence-corrected chi connectivity index (χ0v) is 6.66. The molecule has 66 valence electrons. The Balaban J connectivity index is 3.93. The number of aliphatic hydroxyl groups excluding tert-OH is 1. The molecule has 2 atom stereocenters. The Hall–Kier alpha value is -0.450. The molecular weight excluding hydrogens is 146 g/mol. The van der Waals surface area contributed by atoms with Gasteiger partial charge in [-0.05, 0) is 19.9 Å². The van der Waals surface area contributed by atoms with Gasteiger partial charge in [0.2, 0.25) is 0 Å². The lowest BCUT2D eigenvalue weighted by molar-refractivity contribution is -0.116. The Kier molecular flexibility index (Phi) is 4.25. The third-order valence-corrected chi connectivity index (χ3v) is 1.69. The van der Waals surface area contributed by atoms with E-state index < -0.39 is 11.7 Å². The Morgan fingerprint density at radius 3 is 2.64 bits per heavy atom. The molecule has 0 aromatic rings. The zero-order valence-electron chi connectivity index (χ0n) is 6.66. The van der Waals surface area contributed by atoms with Crippen molar-refractivity contribution in [1.82, 2.24) is 0 Å². The molecule has 11 heavy (non-hydrogen) atoms. The number of rotatable bonds is 5. The molecule has 0 aliphatic heterocycles. The molecule has 4 nitrogen and oxygen atoms in total. The van der Waals surface area contributed by atoms with E-state index in [-0.39, 0.29) is 6.42 Å². The summed E-state index contributed by atoms with van der Waals surface area (Å²) in [7, 11) is 0. The minimum absolute atomic E-state index is 0.0486. The van der Waals surface area contributed by atoms with E-state index in [2.05, 4.69) is 0 Å². The number of hydrogen-bond donors (Lipinski definition) is 3. The van der Waals surface area contributed by atoms with Crippen molar-refractivity contribution >= 4 is 6.29 Å². The fourth-order valence-corrected chi connectivity index (χ4v) is 0.804. The van der Waals surface area contributed by atoms with Gasteiger partial charge in [-0.25, -0.2) is 0 Å². The zero-order chi connectivity index (χ0) is 8.91. The normalized spacial score (nSPS) is 18.9. The van der Waals surface area contributed by atoms with E-state index in [4.69, 9.17) is 5.73 Å². The first kappa shape index (κ1) is 10.6. The summed E-state index contributed by atoms with van der Waals surface area (Å²) in [4.78, 5) is 9.96. The number of nitrogens with two attached hydrogens (primary N) is 1. The van der Waals surface area contributed by atoms with Crippen LogP contribution >= 0.6 is 0 Å². The number of aldehydes is 1. The summed E-state index contributed by atoms with van der Waals surface area (Å²) >= 11 is 0. The second kappa shape index (κ2) is 4.43. The summed E-state index contributed by atoms with van der Waals surface area (Å²) in [6.07, 6.45) is -0.187. The number of hydrogen-bond acceptors (Lipinski definition) is 4. The molecule has 0 amide bonds. The van der Waals surface area contributed by atoms with Gasteiger partial charge in [0.25, 0.3) is 0 Å². The highest BCUT2D eigenvalue weighted by molar-refractivity contribution is 5.50. The highest BCUT2D eigenvalue weighted by atomic mass is 16.3. The fraction of sp³-hybridized carbons (Fsp3) is 0.857. The van der Waals surface area contributed by atoms with Crippen molar-refractivity contribution in [3.8, 4) is 0 Å². The van der Waals surface area contributed by atoms with Crippen LogP contribution in [0.25, 0.3) is 0 Å². The van der Waals surface area contributed by atoms with E-state index in [9.17, 15) is 15.0 Å². The topological polar surface area (TPSA) is 83.6 Å². The maximum atomic E-state index is 9.96. The van der Waals surface area contributed by atoms with Gasteiger partial charge in [0.05, 0.1) is 11.7 Å². The Morgan fingerprint density at radius 1 is 1.73 bits per heavy atom. The molecule has 0 aliphatic carbocycles. The van der Waals surface area contributed by atoms with Crippen LogP contribution in [0.15, 0.2) is 0 Å². The van der Waals surface area contributed by atoms with E-state index in [1.165, 1.54) is 6.92 Å². The predicted octanol–water partition coefficient (Wildman–Crippen LogP) is -0.964. The molecule has 0 aromatic heterocycles. The van der Waals surface area contributed by atoms with E-state index in [0.29, 0.717) is 19.3 Å². The van der Waals surface area contributed by atoms with Crippen LogP contribution < -0.4 is 5.73 Å². The molecule has 0 aromatic carbocycles. The number of aliphatic hydroxyl groups is 2. The van der Waals surface area contributed by atoms with Crippen LogP contribution in [-0.2, 0) is 4.79 Å². The smallest absolute Gasteiger partial charge is 0.122 e. The monoisotopic (exact) mass is 161 g/mol. The molecule has 0 heterocycles. The van der Waals surface area contributed by atoms with E-state index >= 15 is 0 Å². The van der Waals surface area contributed by atoms with E-state index in [1.54, 1.807) is 0 Å². The molecule has 2 unspecified atom stereocenters. The molecular formula is C7H15NO3. The number of carbonyl (C=O) groups excluding carboxylic acids is 1. The lowest BCUT2D eigenvalue weighted by Crippen LogP contribution is -2.41. The van der Waals surface area contributed by atoms with Gasteiger partial charge >= 0.3 is 0 Å². The molecule has 0 radical (unpaired) electrons. The van der Waals surface area contributed by atoms with Crippen LogP contribution in [0.5, 0.6) is 0 Å². The maximum Gasteiger partial charge on any atom is 0.122 e. The van der Waals surface area contributed by atoms with Crippen molar-refractivity contribution in [2.45, 2.75) is 31.5 Å². The van der Waals surface area contributed by atoms with Gasteiger partial charge in [0.15, 0.2) is 0 Å². The Bertz CT molecular complexity index is 125. The molecule has 0 bridgehead atoms. The Morgan fingerprint density at radius 2 is 2.27 bits per heavy atom.